The zero-order valence-corrected chi connectivity index (χ0v) is 12.7. The smallest absolute Gasteiger partial charge is 0.247 e. The number of nitrogens with zero attached hydrogens (tertiary/aromatic N) is 2. The minimum absolute atomic E-state index is 0.0422. The third-order valence-corrected chi connectivity index (χ3v) is 3.75. The Kier molecular flexibility index (Phi) is 5.49. The van der Waals surface area contributed by atoms with Crippen molar-refractivity contribution in [2.24, 2.45) is 0 Å². The number of anilines is 1. The van der Waals surface area contributed by atoms with Gasteiger partial charge in [-0.3, -0.25) is 4.79 Å². The number of thioether (sulfide) groups is 1. The van der Waals surface area contributed by atoms with E-state index in [1.807, 2.05) is 35.3 Å². The summed E-state index contributed by atoms with van der Waals surface area (Å²) in [5.74, 6) is 0.883. The van der Waals surface area contributed by atoms with Crippen molar-refractivity contribution in [3.63, 3.8) is 0 Å². The van der Waals surface area contributed by atoms with Gasteiger partial charge in [0.2, 0.25) is 5.91 Å². The summed E-state index contributed by atoms with van der Waals surface area (Å²) < 4.78 is 1.93. The fraction of sp³-hybridized carbons (Fsp3) is 0.286. The molecule has 4 nitrogen and oxygen atoms in total. The van der Waals surface area contributed by atoms with Gasteiger partial charge in [-0.1, -0.05) is 11.6 Å². The molecule has 0 aliphatic carbocycles. The van der Waals surface area contributed by atoms with Gasteiger partial charge in [0, 0.05) is 12.4 Å². The molecule has 2 aromatic heterocycles. The van der Waals surface area contributed by atoms with E-state index >= 15 is 0 Å². The molecule has 20 heavy (non-hydrogen) atoms. The molecular weight excluding hydrogens is 294 g/mol. The highest BCUT2D eigenvalue weighted by Gasteiger charge is 2.19. The van der Waals surface area contributed by atoms with E-state index in [4.69, 9.17) is 11.6 Å². The Labute approximate surface area is 127 Å². The van der Waals surface area contributed by atoms with Crippen molar-refractivity contribution in [1.82, 2.24) is 9.55 Å². The number of carbonyl (C=O) groups excluding carboxylic acids is 1. The second-order valence-corrected chi connectivity index (χ2v) is 5.66. The molecule has 0 saturated carbocycles. The van der Waals surface area contributed by atoms with Crippen molar-refractivity contribution in [2.45, 2.75) is 12.5 Å². The lowest BCUT2D eigenvalue weighted by Crippen LogP contribution is -2.26. The van der Waals surface area contributed by atoms with Crippen LogP contribution < -0.4 is 5.32 Å². The molecule has 0 spiro atoms. The summed E-state index contributed by atoms with van der Waals surface area (Å²) >= 11 is 7.46. The molecule has 106 valence electrons. The van der Waals surface area contributed by atoms with E-state index in [9.17, 15) is 4.79 Å². The van der Waals surface area contributed by atoms with E-state index in [2.05, 4.69) is 10.3 Å². The number of hydrogen-bond acceptors (Lipinski definition) is 3. The number of amides is 1. The van der Waals surface area contributed by atoms with Crippen molar-refractivity contribution in [2.75, 3.05) is 17.3 Å². The minimum Gasteiger partial charge on any atom is -0.342 e. The maximum Gasteiger partial charge on any atom is 0.247 e. The topological polar surface area (TPSA) is 46.9 Å². The Morgan fingerprint density at radius 1 is 1.45 bits per heavy atom. The molecule has 1 atom stereocenters. The molecule has 6 heteroatoms. The third-order valence-electron chi connectivity index (χ3n) is 2.88. The summed E-state index contributed by atoms with van der Waals surface area (Å²) in [6, 6.07) is 7.03. The molecular formula is C14H16ClN3OS. The van der Waals surface area contributed by atoms with Crippen LogP contribution in [0.1, 0.15) is 12.5 Å². The van der Waals surface area contributed by atoms with Gasteiger partial charge in [-0.25, -0.2) is 4.98 Å². The van der Waals surface area contributed by atoms with Crippen LogP contribution in [0.2, 0.25) is 5.15 Å². The first-order chi connectivity index (χ1) is 9.70. The summed E-state index contributed by atoms with van der Waals surface area (Å²) in [5.41, 5.74) is 0.653. The zero-order valence-electron chi connectivity index (χ0n) is 11.1. The van der Waals surface area contributed by atoms with Crippen molar-refractivity contribution in [1.29, 1.82) is 0 Å². The minimum atomic E-state index is -0.215. The van der Waals surface area contributed by atoms with Crippen molar-refractivity contribution >= 4 is 35.0 Å². The number of nitrogens with one attached hydrogen (secondary N) is 1. The molecule has 2 rings (SSSR count). The maximum atomic E-state index is 12.4. The monoisotopic (exact) mass is 309 g/mol. The van der Waals surface area contributed by atoms with Crippen LogP contribution in [0.3, 0.4) is 0 Å². The van der Waals surface area contributed by atoms with Gasteiger partial charge in [-0.05, 0) is 42.7 Å². The molecule has 0 bridgehead atoms. The lowest BCUT2D eigenvalue weighted by atomic mass is 10.2. The quantitative estimate of drug-likeness (QED) is 0.831. The second kappa shape index (κ2) is 7.36. The van der Waals surface area contributed by atoms with Crippen LogP contribution >= 0.6 is 23.4 Å². The summed E-state index contributed by atoms with van der Waals surface area (Å²) in [6.45, 7) is 0. The predicted molar refractivity (Wildman–Crippen MR) is 84.3 cm³/mol. The summed E-state index contributed by atoms with van der Waals surface area (Å²) in [7, 11) is 0. The van der Waals surface area contributed by atoms with Gasteiger partial charge in [-0.15, -0.1) is 0 Å². The normalized spacial score (nSPS) is 12.1. The first-order valence-corrected chi connectivity index (χ1v) is 8.01. The van der Waals surface area contributed by atoms with Gasteiger partial charge in [0.1, 0.15) is 11.2 Å². The fourth-order valence-electron chi connectivity index (χ4n) is 1.88. The molecule has 0 aromatic carbocycles. The van der Waals surface area contributed by atoms with Gasteiger partial charge < -0.3 is 9.88 Å². The molecule has 0 aliphatic rings. The van der Waals surface area contributed by atoms with Crippen LogP contribution in [-0.4, -0.2) is 27.5 Å². The molecule has 2 aromatic rings. The van der Waals surface area contributed by atoms with Crippen LogP contribution in [0.25, 0.3) is 0 Å². The summed E-state index contributed by atoms with van der Waals surface area (Å²) in [4.78, 5) is 16.4. The average molecular weight is 310 g/mol. The largest absolute Gasteiger partial charge is 0.342 e. The standard InChI is InChI=1S/C14H16ClN3OS/c1-20-9-6-12(18-7-2-3-8-18)14(19)17-11-4-5-13(15)16-10-11/h2-5,7-8,10,12H,6,9H2,1H3,(H,17,19). The van der Waals surface area contributed by atoms with Gasteiger partial charge in [0.05, 0.1) is 11.9 Å². The lowest BCUT2D eigenvalue weighted by Gasteiger charge is -2.18. The Bertz CT molecular complexity index is 542. The first kappa shape index (κ1) is 14.9. The molecule has 1 N–H and O–H groups in total. The van der Waals surface area contributed by atoms with Crippen LogP contribution in [0, 0.1) is 0 Å². The second-order valence-electron chi connectivity index (χ2n) is 4.29. The number of halogens is 1. The van der Waals surface area contributed by atoms with E-state index in [1.165, 1.54) is 0 Å². The van der Waals surface area contributed by atoms with E-state index in [1.54, 1.807) is 30.1 Å². The molecule has 0 radical (unpaired) electrons. The van der Waals surface area contributed by atoms with Crippen LogP contribution in [0.5, 0.6) is 0 Å². The van der Waals surface area contributed by atoms with Crippen LogP contribution in [0.4, 0.5) is 5.69 Å². The number of pyridine rings is 1. The first-order valence-electron chi connectivity index (χ1n) is 6.24. The Balaban J connectivity index is 2.08. The van der Waals surface area contributed by atoms with E-state index < -0.39 is 0 Å². The highest BCUT2D eigenvalue weighted by molar-refractivity contribution is 7.98. The third kappa shape index (κ3) is 4.02. The Morgan fingerprint density at radius 3 is 2.80 bits per heavy atom. The highest BCUT2D eigenvalue weighted by Crippen LogP contribution is 2.18. The summed E-state index contributed by atoms with van der Waals surface area (Å²) in [5, 5.41) is 3.29. The number of rotatable bonds is 6. The van der Waals surface area contributed by atoms with Crippen molar-refractivity contribution in [3.8, 4) is 0 Å². The molecule has 1 unspecified atom stereocenters. The number of aromatic nitrogens is 2. The zero-order chi connectivity index (χ0) is 14.4. The lowest BCUT2D eigenvalue weighted by molar-refractivity contribution is -0.119. The van der Waals surface area contributed by atoms with E-state index in [0.717, 1.165) is 12.2 Å². The summed E-state index contributed by atoms with van der Waals surface area (Å²) in [6.07, 6.45) is 8.19. The number of hydrogen-bond donors (Lipinski definition) is 1. The Hall–Kier alpha value is -1.46. The van der Waals surface area contributed by atoms with Gasteiger partial charge in [-0.2, -0.15) is 11.8 Å². The number of carbonyl (C=O) groups is 1. The Morgan fingerprint density at radius 2 is 2.20 bits per heavy atom. The molecule has 0 fully saturated rings. The molecule has 0 aliphatic heterocycles. The predicted octanol–water partition coefficient (Wildman–Crippen LogP) is 3.47. The molecule has 1 amide bonds. The van der Waals surface area contributed by atoms with Crippen molar-refractivity contribution < 1.29 is 4.79 Å². The molecule has 0 saturated heterocycles. The van der Waals surface area contributed by atoms with Crippen LogP contribution in [0.15, 0.2) is 42.9 Å². The fourth-order valence-corrected chi connectivity index (χ4v) is 2.45. The van der Waals surface area contributed by atoms with Crippen molar-refractivity contribution in [3.05, 3.63) is 48.0 Å². The van der Waals surface area contributed by atoms with Gasteiger partial charge >= 0.3 is 0 Å². The van der Waals surface area contributed by atoms with Gasteiger partial charge in [0.15, 0.2) is 0 Å². The SMILES string of the molecule is CSCCC(C(=O)Nc1ccc(Cl)nc1)n1cccc1. The van der Waals surface area contributed by atoms with E-state index in [-0.39, 0.29) is 11.9 Å². The van der Waals surface area contributed by atoms with Gasteiger partial charge in [0.25, 0.3) is 0 Å². The molecule has 2 heterocycles. The maximum absolute atomic E-state index is 12.4. The van der Waals surface area contributed by atoms with Crippen LogP contribution in [-0.2, 0) is 4.79 Å². The van der Waals surface area contributed by atoms with E-state index in [0.29, 0.717) is 10.8 Å². The average Bonchev–Trinajstić information content (AvgIpc) is 2.96. The highest BCUT2D eigenvalue weighted by atomic mass is 35.5.